The number of carbonyl (C=O) groups excluding carboxylic acids is 1. The van der Waals surface area contributed by atoms with E-state index in [1.165, 1.54) is 6.07 Å². The van der Waals surface area contributed by atoms with E-state index < -0.39 is 0 Å². The number of anilines is 1. The number of nitrogens with one attached hydrogen (secondary N) is 1. The van der Waals surface area contributed by atoms with Crippen LogP contribution in [0.5, 0.6) is 0 Å². The van der Waals surface area contributed by atoms with Crippen LogP contribution in [0.4, 0.5) is 10.1 Å². The van der Waals surface area contributed by atoms with Crippen molar-refractivity contribution in [2.24, 2.45) is 0 Å². The van der Waals surface area contributed by atoms with Gasteiger partial charge in [-0.15, -0.1) is 0 Å². The first-order valence-electron chi connectivity index (χ1n) is 13.5. The SMILES string of the molecule is C=C1CC2(CCN(CCC(C(=O)N(C)Cc3ccccc3)c3ccc(Cl)c(Cl)c3)CC2)c2cc(F)ccc2N1. The van der Waals surface area contributed by atoms with Gasteiger partial charge in [0.25, 0.3) is 0 Å². The molecule has 1 amide bonds. The molecular formula is C32H34Cl2FN3O. The Morgan fingerprint density at radius 3 is 2.54 bits per heavy atom. The maximum Gasteiger partial charge on any atom is 0.230 e. The summed E-state index contributed by atoms with van der Waals surface area (Å²) in [5, 5.41) is 4.27. The van der Waals surface area contributed by atoms with Crippen molar-refractivity contribution in [1.82, 2.24) is 9.80 Å². The Morgan fingerprint density at radius 1 is 1.08 bits per heavy atom. The number of amides is 1. The Kier molecular flexibility index (Phi) is 8.32. The van der Waals surface area contributed by atoms with Crippen LogP contribution in [0.25, 0.3) is 0 Å². The topological polar surface area (TPSA) is 35.6 Å². The number of rotatable bonds is 7. The van der Waals surface area contributed by atoms with E-state index in [2.05, 4.69) is 16.8 Å². The highest BCUT2D eigenvalue weighted by molar-refractivity contribution is 6.42. The summed E-state index contributed by atoms with van der Waals surface area (Å²) >= 11 is 12.6. The predicted molar refractivity (Wildman–Crippen MR) is 158 cm³/mol. The third-order valence-corrected chi connectivity index (χ3v) is 8.99. The van der Waals surface area contributed by atoms with Gasteiger partial charge in [-0.3, -0.25) is 4.79 Å². The lowest BCUT2D eigenvalue weighted by Crippen LogP contribution is -2.45. The minimum absolute atomic E-state index is 0.0600. The second-order valence-corrected chi connectivity index (χ2v) is 11.7. The quantitative estimate of drug-likeness (QED) is 0.320. The highest BCUT2D eigenvalue weighted by Gasteiger charge is 2.41. The number of fused-ring (bicyclic) bond motifs is 2. The molecule has 1 fully saturated rings. The Balaban J connectivity index is 1.29. The monoisotopic (exact) mass is 565 g/mol. The van der Waals surface area contributed by atoms with Crippen LogP contribution in [-0.2, 0) is 16.8 Å². The average Bonchev–Trinajstić information content (AvgIpc) is 2.92. The molecule has 204 valence electrons. The van der Waals surface area contributed by atoms with Crippen molar-refractivity contribution in [3.05, 3.63) is 112 Å². The fraction of sp³-hybridized carbons (Fsp3) is 0.344. The second kappa shape index (κ2) is 11.7. The fourth-order valence-corrected chi connectivity index (χ4v) is 6.43. The van der Waals surface area contributed by atoms with E-state index in [-0.39, 0.29) is 23.1 Å². The van der Waals surface area contributed by atoms with Crippen LogP contribution >= 0.6 is 23.2 Å². The summed E-state index contributed by atoms with van der Waals surface area (Å²) in [5.41, 5.74) is 4.86. The number of hydrogen-bond acceptors (Lipinski definition) is 3. The second-order valence-electron chi connectivity index (χ2n) is 10.9. The first-order valence-corrected chi connectivity index (χ1v) is 14.2. The van der Waals surface area contributed by atoms with Crippen LogP contribution in [0.1, 0.15) is 48.3 Å². The lowest BCUT2D eigenvalue weighted by molar-refractivity contribution is -0.132. The molecule has 1 saturated heterocycles. The summed E-state index contributed by atoms with van der Waals surface area (Å²) in [6.07, 6.45) is 3.32. The zero-order chi connectivity index (χ0) is 27.6. The molecule has 3 aromatic carbocycles. The normalized spacial score (nSPS) is 17.4. The molecular weight excluding hydrogens is 532 g/mol. The summed E-state index contributed by atoms with van der Waals surface area (Å²) in [7, 11) is 1.85. The van der Waals surface area contributed by atoms with Crippen molar-refractivity contribution < 1.29 is 9.18 Å². The van der Waals surface area contributed by atoms with Crippen molar-refractivity contribution in [2.45, 2.75) is 43.6 Å². The predicted octanol–water partition coefficient (Wildman–Crippen LogP) is 7.63. The first kappa shape index (κ1) is 27.7. The van der Waals surface area contributed by atoms with Gasteiger partial charge in [0.2, 0.25) is 5.91 Å². The van der Waals surface area contributed by atoms with E-state index in [0.717, 1.165) is 67.0 Å². The van der Waals surface area contributed by atoms with E-state index in [1.54, 1.807) is 17.0 Å². The molecule has 1 unspecified atom stereocenters. The van der Waals surface area contributed by atoms with Crippen molar-refractivity contribution in [3.8, 4) is 0 Å². The van der Waals surface area contributed by atoms with E-state index in [1.807, 2.05) is 55.6 Å². The van der Waals surface area contributed by atoms with Gasteiger partial charge in [-0.05, 0) is 92.3 Å². The van der Waals surface area contributed by atoms with E-state index in [0.29, 0.717) is 23.0 Å². The van der Waals surface area contributed by atoms with Gasteiger partial charge >= 0.3 is 0 Å². The number of nitrogens with zero attached hydrogens (tertiary/aromatic N) is 2. The Bertz CT molecular complexity index is 1350. The smallest absolute Gasteiger partial charge is 0.230 e. The fourth-order valence-electron chi connectivity index (χ4n) is 6.13. The molecule has 0 bridgehead atoms. The maximum absolute atomic E-state index is 14.2. The molecule has 1 atom stereocenters. The lowest BCUT2D eigenvalue weighted by Gasteiger charge is -2.46. The molecule has 39 heavy (non-hydrogen) atoms. The van der Waals surface area contributed by atoms with Crippen LogP contribution in [0.2, 0.25) is 10.0 Å². The number of carbonyl (C=O) groups is 1. The van der Waals surface area contributed by atoms with Gasteiger partial charge in [0.1, 0.15) is 5.82 Å². The minimum Gasteiger partial charge on any atom is -0.359 e. The van der Waals surface area contributed by atoms with Crippen molar-refractivity contribution in [3.63, 3.8) is 0 Å². The lowest BCUT2D eigenvalue weighted by atomic mass is 9.67. The van der Waals surface area contributed by atoms with E-state index in [4.69, 9.17) is 23.2 Å². The molecule has 5 rings (SSSR count). The molecule has 0 aromatic heterocycles. The van der Waals surface area contributed by atoms with Gasteiger partial charge in [0, 0.05) is 30.4 Å². The molecule has 4 nitrogen and oxygen atoms in total. The number of halogens is 3. The summed E-state index contributed by atoms with van der Waals surface area (Å²) in [5.74, 6) is -0.477. The largest absolute Gasteiger partial charge is 0.359 e. The van der Waals surface area contributed by atoms with Crippen LogP contribution in [0.15, 0.2) is 79.0 Å². The molecule has 0 saturated carbocycles. The molecule has 2 heterocycles. The number of likely N-dealkylation sites (tertiary alicyclic amines) is 1. The Morgan fingerprint density at radius 2 is 1.82 bits per heavy atom. The summed E-state index contributed by atoms with van der Waals surface area (Å²) in [6.45, 7) is 7.27. The van der Waals surface area contributed by atoms with E-state index >= 15 is 0 Å². The van der Waals surface area contributed by atoms with Gasteiger partial charge < -0.3 is 15.1 Å². The number of allylic oxidation sites excluding steroid dienone is 1. The molecule has 1 spiro atoms. The third kappa shape index (κ3) is 6.16. The van der Waals surface area contributed by atoms with Gasteiger partial charge in [0.05, 0.1) is 16.0 Å². The third-order valence-electron chi connectivity index (χ3n) is 8.25. The van der Waals surface area contributed by atoms with Gasteiger partial charge in [-0.2, -0.15) is 0 Å². The van der Waals surface area contributed by atoms with E-state index in [9.17, 15) is 9.18 Å². The summed E-state index contributed by atoms with van der Waals surface area (Å²) < 4.78 is 14.2. The summed E-state index contributed by atoms with van der Waals surface area (Å²) in [4.78, 5) is 18.0. The van der Waals surface area contributed by atoms with Gasteiger partial charge in [0.15, 0.2) is 0 Å². The zero-order valence-electron chi connectivity index (χ0n) is 22.2. The molecule has 2 aliphatic heterocycles. The Labute approximate surface area is 240 Å². The van der Waals surface area contributed by atoms with Crippen LogP contribution in [-0.4, -0.2) is 42.4 Å². The molecule has 0 aliphatic carbocycles. The number of piperidine rings is 1. The average molecular weight is 567 g/mol. The van der Waals surface area contributed by atoms with Gasteiger partial charge in [-0.25, -0.2) is 4.39 Å². The highest BCUT2D eigenvalue weighted by atomic mass is 35.5. The maximum atomic E-state index is 14.2. The van der Waals surface area contributed by atoms with Crippen LogP contribution < -0.4 is 5.32 Å². The highest BCUT2D eigenvalue weighted by Crippen LogP contribution is 2.47. The van der Waals surface area contributed by atoms with Crippen LogP contribution in [0.3, 0.4) is 0 Å². The number of likely N-dealkylation sites (N-methyl/N-ethyl adjacent to an activating group) is 1. The van der Waals surface area contributed by atoms with Crippen molar-refractivity contribution in [1.29, 1.82) is 0 Å². The van der Waals surface area contributed by atoms with Gasteiger partial charge in [-0.1, -0.05) is 66.2 Å². The Hall–Kier alpha value is -2.86. The van der Waals surface area contributed by atoms with Crippen LogP contribution in [0, 0.1) is 5.82 Å². The first-order chi connectivity index (χ1) is 18.7. The standard InChI is InChI=1S/C32H34Cl2FN3O/c1-22-20-32(27-19-25(35)9-11-30(27)36-22)13-16-38(17-14-32)15-12-26(24-8-10-28(33)29(34)18-24)31(39)37(2)21-23-6-4-3-5-7-23/h3-11,18-19,26,36H,1,12-17,20-21H2,2H3. The minimum atomic E-state index is -0.335. The molecule has 3 aromatic rings. The zero-order valence-corrected chi connectivity index (χ0v) is 23.7. The number of benzene rings is 3. The molecule has 1 N–H and O–H groups in total. The number of hydrogen-bond donors (Lipinski definition) is 1. The van der Waals surface area contributed by atoms with Crippen molar-refractivity contribution >= 4 is 34.8 Å². The molecule has 7 heteroatoms. The van der Waals surface area contributed by atoms with Crippen molar-refractivity contribution in [2.75, 3.05) is 32.0 Å². The molecule has 2 aliphatic rings. The summed E-state index contributed by atoms with van der Waals surface area (Å²) in [6, 6.07) is 20.5. The molecule has 0 radical (unpaired) electrons.